The molecule has 0 saturated heterocycles. The van der Waals surface area contributed by atoms with Gasteiger partial charge in [-0.2, -0.15) is 11.8 Å². The van der Waals surface area contributed by atoms with Crippen LogP contribution in [0.5, 0.6) is 0 Å². The highest BCUT2D eigenvalue weighted by molar-refractivity contribution is 7.98. The monoisotopic (exact) mass is 282 g/mol. The maximum Gasteiger partial charge on any atom is 0.223 e. The van der Waals surface area contributed by atoms with Gasteiger partial charge < -0.3 is 10.6 Å². The van der Waals surface area contributed by atoms with E-state index in [-0.39, 0.29) is 5.91 Å². The van der Waals surface area contributed by atoms with Gasteiger partial charge in [0, 0.05) is 31.3 Å². The van der Waals surface area contributed by atoms with Gasteiger partial charge in [0.25, 0.3) is 0 Å². The highest BCUT2D eigenvalue weighted by atomic mass is 32.2. The fraction of sp³-hybridized carbons (Fsp3) is 0.385. The van der Waals surface area contributed by atoms with Crippen molar-refractivity contribution >= 4 is 34.9 Å². The molecule has 0 aromatic heterocycles. The molecule has 1 aromatic carbocycles. The number of carbonyl (C=O) groups is 1. The first-order valence-corrected chi connectivity index (χ1v) is 7.46. The van der Waals surface area contributed by atoms with Gasteiger partial charge in [-0.05, 0) is 17.9 Å². The van der Waals surface area contributed by atoms with E-state index in [1.165, 1.54) is 0 Å². The molecule has 1 amide bonds. The molecule has 98 valence electrons. The molecule has 1 rings (SSSR count). The average Bonchev–Trinajstić information content (AvgIpc) is 2.36. The van der Waals surface area contributed by atoms with Crippen molar-refractivity contribution in [3.05, 3.63) is 35.4 Å². The Bertz CT molecular complexity index is 435. The molecule has 0 heterocycles. The van der Waals surface area contributed by atoms with Crippen molar-refractivity contribution in [3.8, 4) is 0 Å². The minimum Gasteiger partial charge on any atom is -0.389 e. The van der Waals surface area contributed by atoms with Gasteiger partial charge in [0.15, 0.2) is 0 Å². The number of amides is 1. The second-order valence-electron chi connectivity index (χ2n) is 4.06. The smallest absolute Gasteiger partial charge is 0.223 e. The summed E-state index contributed by atoms with van der Waals surface area (Å²) in [6.07, 6.45) is 2.58. The van der Waals surface area contributed by atoms with Crippen LogP contribution in [0.25, 0.3) is 0 Å². The van der Waals surface area contributed by atoms with Crippen LogP contribution in [0, 0.1) is 0 Å². The molecule has 0 saturated carbocycles. The van der Waals surface area contributed by atoms with Crippen LogP contribution < -0.4 is 5.73 Å². The summed E-state index contributed by atoms with van der Waals surface area (Å²) in [5.74, 6) is 1.01. The van der Waals surface area contributed by atoms with E-state index in [1.807, 2.05) is 37.6 Å². The minimum atomic E-state index is 0.157. The van der Waals surface area contributed by atoms with Gasteiger partial charge in [0.2, 0.25) is 5.91 Å². The summed E-state index contributed by atoms with van der Waals surface area (Å²) in [5.41, 5.74) is 7.47. The Hall–Kier alpha value is -1.07. The first-order valence-electron chi connectivity index (χ1n) is 5.66. The molecule has 0 unspecified atom stereocenters. The van der Waals surface area contributed by atoms with Crippen LogP contribution in [-0.4, -0.2) is 34.9 Å². The van der Waals surface area contributed by atoms with Gasteiger partial charge in [0.05, 0.1) is 0 Å². The third-order valence-corrected chi connectivity index (χ3v) is 3.43. The van der Waals surface area contributed by atoms with Gasteiger partial charge in [-0.15, -0.1) is 0 Å². The lowest BCUT2D eigenvalue weighted by Gasteiger charge is -2.17. The first-order chi connectivity index (χ1) is 8.54. The minimum absolute atomic E-state index is 0.157. The van der Waals surface area contributed by atoms with E-state index in [2.05, 4.69) is 0 Å². The van der Waals surface area contributed by atoms with Crippen molar-refractivity contribution < 1.29 is 4.79 Å². The van der Waals surface area contributed by atoms with E-state index < -0.39 is 0 Å². The number of benzene rings is 1. The van der Waals surface area contributed by atoms with Crippen LogP contribution in [0.1, 0.15) is 17.5 Å². The van der Waals surface area contributed by atoms with Crippen molar-refractivity contribution in [2.75, 3.05) is 19.1 Å². The molecule has 0 aliphatic carbocycles. The van der Waals surface area contributed by atoms with Gasteiger partial charge in [-0.3, -0.25) is 4.79 Å². The van der Waals surface area contributed by atoms with Gasteiger partial charge in [0.1, 0.15) is 4.99 Å². The predicted molar refractivity (Wildman–Crippen MR) is 81.8 cm³/mol. The van der Waals surface area contributed by atoms with Crippen LogP contribution in [0.15, 0.2) is 24.3 Å². The largest absolute Gasteiger partial charge is 0.389 e. The Labute approximate surface area is 118 Å². The van der Waals surface area contributed by atoms with Crippen LogP contribution in [0.3, 0.4) is 0 Å². The van der Waals surface area contributed by atoms with Crippen LogP contribution in [0.4, 0.5) is 0 Å². The Kier molecular flexibility index (Phi) is 6.15. The normalized spacial score (nSPS) is 10.1. The molecule has 0 fully saturated rings. The lowest BCUT2D eigenvalue weighted by molar-refractivity contribution is -0.129. The highest BCUT2D eigenvalue weighted by Gasteiger charge is 2.09. The zero-order valence-corrected chi connectivity index (χ0v) is 12.3. The molecule has 0 radical (unpaired) electrons. The molecule has 2 N–H and O–H groups in total. The summed E-state index contributed by atoms with van der Waals surface area (Å²) in [6, 6.07) is 7.69. The Morgan fingerprint density at radius 3 is 2.83 bits per heavy atom. The van der Waals surface area contributed by atoms with E-state index in [9.17, 15) is 4.79 Å². The quantitative estimate of drug-likeness (QED) is 0.811. The maximum absolute atomic E-state index is 11.8. The average molecular weight is 282 g/mol. The molecule has 18 heavy (non-hydrogen) atoms. The summed E-state index contributed by atoms with van der Waals surface area (Å²) in [5, 5.41) is 0. The van der Waals surface area contributed by atoms with E-state index >= 15 is 0 Å². The zero-order chi connectivity index (χ0) is 13.5. The van der Waals surface area contributed by atoms with Crippen molar-refractivity contribution in [2.24, 2.45) is 5.73 Å². The third kappa shape index (κ3) is 4.66. The number of rotatable bonds is 6. The second-order valence-corrected chi connectivity index (χ2v) is 5.48. The topological polar surface area (TPSA) is 46.3 Å². The van der Waals surface area contributed by atoms with E-state index in [0.717, 1.165) is 16.9 Å². The number of nitrogens with zero attached hydrogens (tertiary/aromatic N) is 1. The molecular formula is C13H18N2OS2. The zero-order valence-electron chi connectivity index (χ0n) is 10.7. The Morgan fingerprint density at radius 2 is 2.22 bits per heavy atom. The second kappa shape index (κ2) is 7.38. The molecule has 0 spiro atoms. The maximum atomic E-state index is 11.8. The molecule has 0 aliphatic heterocycles. The van der Waals surface area contributed by atoms with Crippen LogP contribution in [-0.2, 0) is 11.3 Å². The van der Waals surface area contributed by atoms with Crippen LogP contribution >= 0.6 is 24.0 Å². The van der Waals surface area contributed by atoms with E-state index in [4.69, 9.17) is 18.0 Å². The number of thiocarbonyl (C=S) groups is 1. The lowest BCUT2D eigenvalue weighted by Crippen LogP contribution is -2.26. The fourth-order valence-corrected chi connectivity index (χ4v) is 2.07. The highest BCUT2D eigenvalue weighted by Crippen LogP contribution is 2.09. The summed E-state index contributed by atoms with van der Waals surface area (Å²) < 4.78 is 0. The molecule has 0 bridgehead atoms. The first kappa shape index (κ1) is 15.0. The summed E-state index contributed by atoms with van der Waals surface area (Å²) in [6.45, 7) is 0.587. The Morgan fingerprint density at radius 1 is 1.50 bits per heavy atom. The van der Waals surface area contributed by atoms with Crippen molar-refractivity contribution in [2.45, 2.75) is 13.0 Å². The number of thioether (sulfide) groups is 1. The van der Waals surface area contributed by atoms with Gasteiger partial charge in [-0.25, -0.2) is 0 Å². The number of carbonyl (C=O) groups excluding carboxylic acids is 1. The lowest BCUT2D eigenvalue weighted by atomic mass is 10.1. The van der Waals surface area contributed by atoms with E-state index in [1.54, 1.807) is 16.7 Å². The third-order valence-electron chi connectivity index (χ3n) is 2.58. The number of nitrogens with two attached hydrogens (primary N) is 1. The number of hydrogen-bond acceptors (Lipinski definition) is 3. The van der Waals surface area contributed by atoms with Crippen molar-refractivity contribution in [3.63, 3.8) is 0 Å². The summed E-state index contributed by atoms with van der Waals surface area (Å²) in [7, 11) is 1.82. The Balaban J connectivity index is 2.63. The van der Waals surface area contributed by atoms with Crippen molar-refractivity contribution in [1.29, 1.82) is 0 Å². The SMILES string of the molecule is CSCCC(=O)N(C)Cc1cccc(C(N)=S)c1. The molecule has 5 heteroatoms. The predicted octanol–water partition coefficient (Wildman–Crippen LogP) is 2.03. The molecule has 0 aliphatic rings. The van der Waals surface area contributed by atoms with Crippen LogP contribution in [0.2, 0.25) is 0 Å². The van der Waals surface area contributed by atoms with Gasteiger partial charge in [-0.1, -0.05) is 30.4 Å². The number of hydrogen-bond donors (Lipinski definition) is 1. The van der Waals surface area contributed by atoms with Crippen molar-refractivity contribution in [1.82, 2.24) is 4.90 Å². The summed E-state index contributed by atoms with van der Waals surface area (Å²) in [4.78, 5) is 13.9. The fourth-order valence-electron chi connectivity index (χ4n) is 1.57. The van der Waals surface area contributed by atoms with Gasteiger partial charge >= 0.3 is 0 Å². The molecule has 0 atom stereocenters. The summed E-state index contributed by atoms with van der Waals surface area (Å²) >= 11 is 6.62. The molecule has 3 nitrogen and oxygen atoms in total. The standard InChI is InChI=1S/C13H18N2OS2/c1-15(12(16)6-7-18-2)9-10-4-3-5-11(8-10)13(14)17/h3-5,8H,6-7,9H2,1-2H3,(H2,14,17). The molecular weight excluding hydrogens is 264 g/mol. The van der Waals surface area contributed by atoms with E-state index in [0.29, 0.717) is 18.0 Å². The molecule has 1 aromatic rings.